The van der Waals surface area contributed by atoms with Crippen molar-refractivity contribution in [3.05, 3.63) is 29.7 Å². The maximum absolute atomic E-state index is 10.6. The third-order valence-corrected chi connectivity index (χ3v) is 5.20. The zero-order valence-electron chi connectivity index (χ0n) is 16.0. The van der Waals surface area contributed by atoms with Crippen LogP contribution in [0.1, 0.15) is 37.6 Å². The number of ether oxygens (including phenoxy) is 2. The van der Waals surface area contributed by atoms with Gasteiger partial charge < -0.3 is 19.0 Å². The molecule has 0 aliphatic carbocycles. The molecule has 1 aromatic heterocycles. The van der Waals surface area contributed by atoms with Crippen molar-refractivity contribution in [2.24, 2.45) is 0 Å². The van der Waals surface area contributed by atoms with E-state index in [0.717, 1.165) is 48.6 Å². The number of nitrogens with zero attached hydrogens (tertiary/aromatic N) is 2. The minimum atomic E-state index is -0.589. The second kappa shape index (κ2) is 7.68. The first-order valence-corrected chi connectivity index (χ1v) is 9.11. The number of methoxy groups -OCH3 is 2. The van der Waals surface area contributed by atoms with Gasteiger partial charge in [0, 0.05) is 13.1 Å². The summed E-state index contributed by atoms with van der Waals surface area (Å²) in [5, 5.41) is 10.6. The SMILES string of the molecule is CC[C@@]1(O)CCCN(Cc2nc(-c3cc(OC)ccc3OC)oc2C)C1. The van der Waals surface area contributed by atoms with Crippen LogP contribution in [0.3, 0.4) is 0 Å². The molecule has 0 radical (unpaired) electrons. The molecular weight excluding hydrogens is 332 g/mol. The first kappa shape index (κ1) is 18.7. The number of aromatic nitrogens is 1. The van der Waals surface area contributed by atoms with E-state index in [1.807, 2.05) is 32.0 Å². The molecule has 1 N–H and O–H groups in total. The molecule has 1 saturated heterocycles. The van der Waals surface area contributed by atoms with E-state index < -0.39 is 5.60 Å². The number of oxazole rings is 1. The molecule has 1 aliphatic heterocycles. The lowest BCUT2D eigenvalue weighted by Gasteiger charge is -2.38. The maximum Gasteiger partial charge on any atom is 0.230 e. The summed E-state index contributed by atoms with van der Waals surface area (Å²) in [4.78, 5) is 6.96. The molecule has 2 aromatic rings. The Hall–Kier alpha value is -2.05. The lowest BCUT2D eigenvalue weighted by atomic mass is 9.90. The standard InChI is InChI=1S/C20H28N2O4/c1-5-20(23)9-6-10-22(13-20)12-17-14(2)26-19(21-17)16-11-15(24-3)7-8-18(16)25-4/h7-8,11,23H,5-6,9-10,12-13H2,1-4H3/t20-/m1/s1. The smallest absolute Gasteiger partial charge is 0.230 e. The summed E-state index contributed by atoms with van der Waals surface area (Å²) in [5.41, 5.74) is 1.07. The normalized spacial score (nSPS) is 21.0. The van der Waals surface area contributed by atoms with Gasteiger partial charge in [-0.3, -0.25) is 4.90 Å². The van der Waals surface area contributed by atoms with Crippen LogP contribution in [-0.2, 0) is 6.54 Å². The highest BCUT2D eigenvalue weighted by Crippen LogP contribution is 2.34. The van der Waals surface area contributed by atoms with Gasteiger partial charge in [-0.15, -0.1) is 0 Å². The Morgan fingerprint density at radius 1 is 1.31 bits per heavy atom. The molecular formula is C20H28N2O4. The predicted molar refractivity (Wildman–Crippen MR) is 99.5 cm³/mol. The van der Waals surface area contributed by atoms with Gasteiger partial charge in [-0.05, 0) is 50.9 Å². The number of aliphatic hydroxyl groups is 1. The van der Waals surface area contributed by atoms with E-state index in [4.69, 9.17) is 18.9 Å². The van der Waals surface area contributed by atoms with Crippen molar-refractivity contribution < 1.29 is 19.0 Å². The van der Waals surface area contributed by atoms with E-state index in [2.05, 4.69) is 4.90 Å². The summed E-state index contributed by atoms with van der Waals surface area (Å²) in [6.07, 6.45) is 2.63. The molecule has 0 amide bonds. The van der Waals surface area contributed by atoms with Crippen molar-refractivity contribution in [3.8, 4) is 23.0 Å². The lowest BCUT2D eigenvalue weighted by molar-refractivity contribution is -0.0361. The van der Waals surface area contributed by atoms with Crippen molar-refractivity contribution in [1.82, 2.24) is 9.88 Å². The van der Waals surface area contributed by atoms with Gasteiger partial charge in [-0.2, -0.15) is 0 Å². The van der Waals surface area contributed by atoms with Crippen molar-refractivity contribution in [2.75, 3.05) is 27.3 Å². The number of piperidine rings is 1. The first-order valence-electron chi connectivity index (χ1n) is 9.11. The van der Waals surface area contributed by atoms with E-state index in [-0.39, 0.29) is 0 Å². The van der Waals surface area contributed by atoms with E-state index in [9.17, 15) is 5.11 Å². The molecule has 1 fully saturated rings. The third kappa shape index (κ3) is 3.86. The second-order valence-corrected chi connectivity index (χ2v) is 6.98. The van der Waals surface area contributed by atoms with Gasteiger partial charge in [0.2, 0.25) is 5.89 Å². The molecule has 1 aliphatic rings. The van der Waals surface area contributed by atoms with Gasteiger partial charge in [-0.25, -0.2) is 4.98 Å². The van der Waals surface area contributed by atoms with Crippen LogP contribution in [0.5, 0.6) is 11.5 Å². The second-order valence-electron chi connectivity index (χ2n) is 6.98. The summed E-state index contributed by atoms with van der Waals surface area (Å²) < 4.78 is 16.7. The predicted octanol–water partition coefficient (Wildman–Crippen LogP) is 3.40. The van der Waals surface area contributed by atoms with Gasteiger partial charge in [0.05, 0.1) is 31.1 Å². The van der Waals surface area contributed by atoms with Gasteiger partial charge in [0.15, 0.2) is 0 Å². The molecule has 0 unspecified atom stereocenters. The Bertz CT molecular complexity index is 758. The minimum Gasteiger partial charge on any atom is -0.497 e. The van der Waals surface area contributed by atoms with Gasteiger partial charge in [0.1, 0.15) is 17.3 Å². The summed E-state index contributed by atoms with van der Waals surface area (Å²) in [6.45, 7) is 6.27. The van der Waals surface area contributed by atoms with Crippen LogP contribution >= 0.6 is 0 Å². The highest BCUT2D eigenvalue weighted by Gasteiger charge is 2.32. The number of hydrogen-bond acceptors (Lipinski definition) is 6. The van der Waals surface area contributed by atoms with E-state index in [1.54, 1.807) is 14.2 Å². The molecule has 1 aromatic carbocycles. The van der Waals surface area contributed by atoms with E-state index in [0.29, 0.717) is 24.7 Å². The van der Waals surface area contributed by atoms with Crippen LogP contribution in [0.2, 0.25) is 0 Å². The fourth-order valence-electron chi connectivity index (χ4n) is 3.51. The minimum absolute atomic E-state index is 0.524. The number of benzene rings is 1. The molecule has 6 heteroatoms. The number of β-amino-alcohol motifs (C(OH)–C–C–N with tert-alkyl or cyclic N) is 1. The lowest BCUT2D eigenvalue weighted by Crippen LogP contribution is -2.47. The molecule has 26 heavy (non-hydrogen) atoms. The van der Waals surface area contributed by atoms with E-state index >= 15 is 0 Å². The largest absolute Gasteiger partial charge is 0.497 e. The monoisotopic (exact) mass is 360 g/mol. The van der Waals surface area contributed by atoms with E-state index in [1.165, 1.54) is 0 Å². The summed E-state index contributed by atoms with van der Waals surface area (Å²) in [5.74, 6) is 2.73. The average Bonchev–Trinajstić information content (AvgIpc) is 3.01. The summed E-state index contributed by atoms with van der Waals surface area (Å²) in [6, 6.07) is 5.56. The first-order chi connectivity index (χ1) is 12.5. The van der Waals surface area contributed by atoms with Gasteiger partial charge >= 0.3 is 0 Å². The zero-order chi connectivity index (χ0) is 18.7. The number of likely N-dealkylation sites (tertiary alicyclic amines) is 1. The maximum atomic E-state index is 10.6. The highest BCUT2D eigenvalue weighted by atomic mass is 16.5. The Kier molecular flexibility index (Phi) is 5.53. The zero-order valence-corrected chi connectivity index (χ0v) is 16.0. The number of hydrogen-bond donors (Lipinski definition) is 1. The Balaban J connectivity index is 1.84. The van der Waals surface area contributed by atoms with Gasteiger partial charge in [-0.1, -0.05) is 6.92 Å². The van der Waals surface area contributed by atoms with Crippen LogP contribution < -0.4 is 9.47 Å². The molecule has 6 nitrogen and oxygen atoms in total. The molecule has 0 saturated carbocycles. The summed E-state index contributed by atoms with van der Waals surface area (Å²) in [7, 11) is 3.25. The molecule has 142 valence electrons. The number of aryl methyl sites for hydroxylation is 1. The molecule has 3 rings (SSSR count). The topological polar surface area (TPSA) is 68.0 Å². The fourth-order valence-corrected chi connectivity index (χ4v) is 3.51. The van der Waals surface area contributed by atoms with Crippen LogP contribution in [0.25, 0.3) is 11.5 Å². The van der Waals surface area contributed by atoms with Crippen molar-refractivity contribution in [1.29, 1.82) is 0 Å². The van der Waals surface area contributed by atoms with Crippen LogP contribution in [0, 0.1) is 6.92 Å². The summed E-state index contributed by atoms with van der Waals surface area (Å²) >= 11 is 0. The average molecular weight is 360 g/mol. The highest BCUT2D eigenvalue weighted by molar-refractivity contribution is 5.65. The Labute approximate surface area is 154 Å². The molecule has 2 heterocycles. The molecule has 0 bridgehead atoms. The fraction of sp³-hybridized carbons (Fsp3) is 0.550. The van der Waals surface area contributed by atoms with Crippen LogP contribution in [-0.4, -0.2) is 47.9 Å². The van der Waals surface area contributed by atoms with Crippen molar-refractivity contribution in [2.45, 2.75) is 45.3 Å². The van der Waals surface area contributed by atoms with Crippen molar-refractivity contribution in [3.63, 3.8) is 0 Å². The Morgan fingerprint density at radius 2 is 2.12 bits per heavy atom. The Morgan fingerprint density at radius 3 is 2.81 bits per heavy atom. The quantitative estimate of drug-likeness (QED) is 0.851. The van der Waals surface area contributed by atoms with Gasteiger partial charge in [0.25, 0.3) is 0 Å². The van der Waals surface area contributed by atoms with Crippen molar-refractivity contribution >= 4 is 0 Å². The number of rotatable bonds is 6. The molecule has 1 atom stereocenters. The third-order valence-electron chi connectivity index (χ3n) is 5.20. The van der Waals surface area contributed by atoms with Crippen LogP contribution in [0.15, 0.2) is 22.6 Å². The molecule has 0 spiro atoms. The van der Waals surface area contributed by atoms with Crippen LogP contribution in [0.4, 0.5) is 0 Å².